The van der Waals surface area contributed by atoms with Crippen LogP contribution in [-0.2, 0) is 5.54 Å². The number of aryl methyl sites for hydroxylation is 1. The molecule has 2 N–H and O–H groups in total. The molecule has 0 aliphatic heterocycles. The van der Waals surface area contributed by atoms with Crippen LogP contribution in [0.3, 0.4) is 0 Å². The van der Waals surface area contributed by atoms with E-state index < -0.39 is 0 Å². The maximum atomic E-state index is 8.79. The van der Waals surface area contributed by atoms with E-state index in [1.54, 1.807) is 0 Å². The van der Waals surface area contributed by atoms with Crippen molar-refractivity contribution in [3.63, 3.8) is 0 Å². The van der Waals surface area contributed by atoms with Crippen molar-refractivity contribution in [1.29, 1.82) is 0 Å². The Bertz CT molecular complexity index is 301. The van der Waals surface area contributed by atoms with E-state index >= 15 is 0 Å². The summed E-state index contributed by atoms with van der Waals surface area (Å²) < 4.78 is 0. The predicted octanol–water partition coefficient (Wildman–Crippen LogP) is 1.57. The van der Waals surface area contributed by atoms with Crippen molar-refractivity contribution >= 4 is 0 Å². The van der Waals surface area contributed by atoms with Gasteiger partial charge >= 0.3 is 0 Å². The van der Waals surface area contributed by atoms with E-state index in [2.05, 4.69) is 36.5 Å². The zero-order chi connectivity index (χ0) is 10.0. The second kappa shape index (κ2) is 3.71. The van der Waals surface area contributed by atoms with Crippen LogP contribution in [0.15, 0.2) is 24.3 Å². The Kier molecular flexibility index (Phi) is 2.57. The van der Waals surface area contributed by atoms with Gasteiger partial charge in [-0.1, -0.05) is 29.8 Å². The van der Waals surface area contributed by atoms with Crippen LogP contribution in [0.5, 0.6) is 0 Å². The molecule has 1 saturated carbocycles. The molecule has 2 nitrogen and oxygen atoms in total. The topological polar surface area (TPSA) is 32.3 Å². The number of rotatable bonds is 4. The predicted molar refractivity (Wildman–Crippen MR) is 57.2 cm³/mol. The maximum absolute atomic E-state index is 8.79. The molecule has 1 aliphatic carbocycles. The minimum absolute atomic E-state index is 0.177. The van der Waals surface area contributed by atoms with Gasteiger partial charge in [0.2, 0.25) is 0 Å². The Hall–Kier alpha value is -0.860. The van der Waals surface area contributed by atoms with Crippen molar-refractivity contribution in [3.05, 3.63) is 35.4 Å². The van der Waals surface area contributed by atoms with Gasteiger partial charge in [0.1, 0.15) is 0 Å². The third kappa shape index (κ3) is 1.81. The van der Waals surface area contributed by atoms with Crippen LogP contribution in [0.4, 0.5) is 0 Å². The van der Waals surface area contributed by atoms with Gasteiger partial charge in [-0.15, -0.1) is 0 Å². The summed E-state index contributed by atoms with van der Waals surface area (Å²) in [5, 5.41) is 12.2. The van der Waals surface area contributed by atoms with Crippen molar-refractivity contribution in [2.24, 2.45) is 0 Å². The lowest BCUT2D eigenvalue weighted by atomic mass is 10.0. The first-order valence-corrected chi connectivity index (χ1v) is 5.20. The van der Waals surface area contributed by atoms with Crippen LogP contribution >= 0.6 is 0 Å². The number of aliphatic hydroxyl groups is 1. The highest BCUT2D eigenvalue weighted by Crippen LogP contribution is 2.45. The summed E-state index contributed by atoms with van der Waals surface area (Å²) >= 11 is 0. The molecule has 1 aromatic rings. The number of benzene rings is 1. The van der Waals surface area contributed by atoms with Crippen molar-refractivity contribution < 1.29 is 5.11 Å². The molecule has 0 bridgehead atoms. The summed E-state index contributed by atoms with van der Waals surface area (Å²) in [5.41, 5.74) is 2.83. The first-order valence-electron chi connectivity index (χ1n) is 5.20. The number of hydrogen-bond acceptors (Lipinski definition) is 2. The van der Waals surface area contributed by atoms with Crippen LogP contribution in [-0.4, -0.2) is 18.3 Å². The largest absolute Gasteiger partial charge is 0.395 e. The molecule has 2 heteroatoms. The van der Waals surface area contributed by atoms with E-state index in [1.807, 2.05) is 0 Å². The van der Waals surface area contributed by atoms with Gasteiger partial charge in [0.05, 0.1) is 6.61 Å². The lowest BCUT2D eigenvalue weighted by molar-refractivity contribution is 0.281. The molecule has 0 saturated heterocycles. The zero-order valence-corrected chi connectivity index (χ0v) is 8.59. The average Bonchev–Trinajstić information content (AvgIpc) is 2.97. The van der Waals surface area contributed by atoms with Crippen molar-refractivity contribution in [1.82, 2.24) is 5.32 Å². The van der Waals surface area contributed by atoms with E-state index in [1.165, 1.54) is 24.0 Å². The first-order chi connectivity index (χ1) is 6.77. The molecule has 0 radical (unpaired) electrons. The summed E-state index contributed by atoms with van der Waals surface area (Å²) in [6.07, 6.45) is 2.38. The van der Waals surface area contributed by atoms with Crippen molar-refractivity contribution in [2.45, 2.75) is 25.3 Å². The molecule has 2 rings (SSSR count). The van der Waals surface area contributed by atoms with Gasteiger partial charge < -0.3 is 10.4 Å². The fourth-order valence-corrected chi connectivity index (χ4v) is 1.86. The molecule has 0 spiro atoms. The lowest BCUT2D eigenvalue weighted by Gasteiger charge is -2.17. The van der Waals surface area contributed by atoms with Gasteiger partial charge in [-0.25, -0.2) is 0 Å². The number of hydrogen-bond donors (Lipinski definition) is 2. The van der Waals surface area contributed by atoms with E-state index in [0.717, 1.165) is 0 Å². The second-order valence-corrected chi connectivity index (χ2v) is 4.10. The summed E-state index contributed by atoms with van der Waals surface area (Å²) in [4.78, 5) is 0. The monoisotopic (exact) mass is 191 g/mol. The van der Waals surface area contributed by atoms with Crippen molar-refractivity contribution in [2.75, 3.05) is 13.2 Å². The third-order valence-electron chi connectivity index (χ3n) is 2.93. The van der Waals surface area contributed by atoms with Crippen LogP contribution in [0.25, 0.3) is 0 Å². The van der Waals surface area contributed by atoms with E-state index in [4.69, 9.17) is 5.11 Å². The highest BCUT2D eigenvalue weighted by Gasteiger charge is 2.43. The van der Waals surface area contributed by atoms with Gasteiger partial charge in [-0.05, 0) is 25.3 Å². The van der Waals surface area contributed by atoms with Crippen LogP contribution in [0, 0.1) is 6.92 Å². The summed E-state index contributed by atoms with van der Waals surface area (Å²) in [6, 6.07) is 8.67. The molecule has 14 heavy (non-hydrogen) atoms. The van der Waals surface area contributed by atoms with Gasteiger partial charge in [-0.3, -0.25) is 0 Å². The molecule has 0 unspecified atom stereocenters. The number of aliphatic hydroxyl groups excluding tert-OH is 1. The van der Waals surface area contributed by atoms with Crippen LogP contribution < -0.4 is 5.32 Å². The minimum atomic E-state index is 0.177. The highest BCUT2D eigenvalue weighted by atomic mass is 16.3. The lowest BCUT2D eigenvalue weighted by Crippen LogP contribution is -2.31. The van der Waals surface area contributed by atoms with Gasteiger partial charge in [0, 0.05) is 12.1 Å². The quantitative estimate of drug-likeness (QED) is 0.757. The summed E-state index contributed by atoms with van der Waals surface area (Å²) in [5.74, 6) is 0. The van der Waals surface area contributed by atoms with E-state index in [9.17, 15) is 0 Å². The van der Waals surface area contributed by atoms with Crippen molar-refractivity contribution in [3.8, 4) is 0 Å². The first kappa shape index (κ1) is 9.69. The summed E-state index contributed by atoms with van der Waals surface area (Å²) in [7, 11) is 0. The van der Waals surface area contributed by atoms with Gasteiger partial charge in [0.25, 0.3) is 0 Å². The smallest absolute Gasteiger partial charge is 0.0556 e. The molecule has 0 aromatic heterocycles. The fraction of sp³-hybridized carbons (Fsp3) is 0.500. The zero-order valence-electron chi connectivity index (χ0n) is 8.59. The molecular weight excluding hydrogens is 174 g/mol. The molecular formula is C12H17NO. The molecule has 1 aromatic carbocycles. The summed E-state index contributed by atoms with van der Waals surface area (Å²) in [6.45, 7) is 3.01. The molecule has 1 aliphatic rings. The average molecular weight is 191 g/mol. The molecule has 76 valence electrons. The Morgan fingerprint density at radius 2 is 1.93 bits per heavy atom. The standard InChI is InChI=1S/C12H17NO/c1-10-2-4-11(5-3-10)12(6-7-12)13-8-9-14/h2-5,13-14H,6-9H2,1H3. The third-order valence-corrected chi connectivity index (χ3v) is 2.93. The SMILES string of the molecule is Cc1ccc(C2(NCCO)CC2)cc1. The van der Waals surface area contributed by atoms with Crippen LogP contribution in [0.2, 0.25) is 0 Å². The molecule has 0 amide bonds. The van der Waals surface area contributed by atoms with E-state index in [0.29, 0.717) is 6.54 Å². The minimum Gasteiger partial charge on any atom is -0.395 e. The molecule has 0 heterocycles. The normalized spacial score (nSPS) is 18.1. The Morgan fingerprint density at radius 3 is 2.43 bits per heavy atom. The Balaban J connectivity index is 2.10. The second-order valence-electron chi connectivity index (χ2n) is 4.10. The molecule has 1 fully saturated rings. The highest BCUT2D eigenvalue weighted by molar-refractivity contribution is 5.32. The molecule has 0 atom stereocenters. The maximum Gasteiger partial charge on any atom is 0.0556 e. The Labute approximate surface area is 85.0 Å². The van der Waals surface area contributed by atoms with Crippen LogP contribution in [0.1, 0.15) is 24.0 Å². The van der Waals surface area contributed by atoms with E-state index in [-0.39, 0.29) is 12.1 Å². The van der Waals surface area contributed by atoms with Gasteiger partial charge in [0.15, 0.2) is 0 Å². The van der Waals surface area contributed by atoms with Gasteiger partial charge in [-0.2, -0.15) is 0 Å². The Morgan fingerprint density at radius 1 is 1.29 bits per heavy atom. The fourth-order valence-electron chi connectivity index (χ4n) is 1.86. The number of nitrogens with one attached hydrogen (secondary N) is 1.